The Balaban J connectivity index is 2.58. The molecule has 1 aromatic carbocycles. The zero-order chi connectivity index (χ0) is 11.7. The van der Waals surface area contributed by atoms with E-state index < -0.39 is 0 Å². The van der Waals surface area contributed by atoms with E-state index in [0.717, 1.165) is 20.3 Å². The second-order valence-electron chi connectivity index (χ2n) is 3.57. The van der Waals surface area contributed by atoms with Crippen molar-refractivity contribution in [1.29, 1.82) is 0 Å². The standard InChI is InChI=1S/C11H11Br2N3/c1-7(14)11-5-15-6-16(11)10-4-8(12)2-3-9(10)13/h2-7H,14H2,1H3/t7-/m0/s1. The Hall–Kier alpha value is -0.650. The number of aromatic nitrogens is 2. The summed E-state index contributed by atoms with van der Waals surface area (Å²) in [7, 11) is 0. The van der Waals surface area contributed by atoms with Crippen LogP contribution in [0.1, 0.15) is 18.7 Å². The molecular formula is C11H11Br2N3. The molecular weight excluding hydrogens is 334 g/mol. The molecule has 0 aliphatic rings. The van der Waals surface area contributed by atoms with Crippen molar-refractivity contribution < 1.29 is 0 Å². The fourth-order valence-electron chi connectivity index (χ4n) is 1.51. The normalized spacial score (nSPS) is 12.8. The molecule has 0 unspecified atom stereocenters. The summed E-state index contributed by atoms with van der Waals surface area (Å²) in [5.74, 6) is 0. The molecule has 2 rings (SSSR count). The van der Waals surface area contributed by atoms with E-state index >= 15 is 0 Å². The van der Waals surface area contributed by atoms with Crippen LogP contribution in [0.15, 0.2) is 39.7 Å². The van der Waals surface area contributed by atoms with Gasteiger partial charge in [0, 0.05) is 15.0 Å². The zero-order valence-corrected chi connectivity index (χ0v) is 11.9. The molecule has 0 saturated heterocycles. The summed E-state index contributed by atoms with van der Waals surface area (Å²) in [6.07, 6.45) is 3.56. The minimum Gasteiger partial charge on any atom is -0.323 e. The van der Waals surface area contributed by atoms with Gasteiger partial charge < -0.3 is 10.3 Å². The lowest BCUT2D eigenvalue weighted by atomic mass is 10.2. The van der Waals surface area contributed by atoms with Crippen LogP contribution in [0.25, 0.3) is 5.69 Å². The predicted molar refractivity (Wildman–Crippen MR) is 71.6 cm³/mol. The summed E-state index contributed by atoms with van der Waals surface area (Å²) < 4.78 is 4.02. The highest BCUT2D eigenvalue weighted by Crippen LogP contribution is 2.27. The van der Waals surface area contributed by atoms with Gasteiger partial charge in [0.05, 0.1) is 23.9 Å². The molecule has 1 heterocycles. The summed E-state index contributed by atoms with van der Waals surface area (Å²) in [5, 5.41) is 0. The Morgan fingerprint density at radius 3 is 2.81 bits per heavy atom. The van der Waals surface area contributed by atoms with Crippen molar-refractivity contribution in [1.82, 2.24) is 9.55 Å². The third kappa shape index (κ3) is 2.21. The Kier molecular flexibility index (Phi) is 3.47. The van der Waals surface area contributed by atoms with Crippen LogP contribution in [-0.4, -0.2) is 9.55 Å². The minimum atomic E-state index is -0.0478. The van der Waals surface area contributed by atoms with E-state index in [1.54, 1.807) is 12.5 Å². The average molecular weight is 345 g/mol. The lowest BCUT2D eigenvalue weighted by Crippen LogP contribution is -2.10. The second kappa shape index (κ2) is 4.69. The second-order valence-corrected chi connectivity index (χ2v) is 5.34. The van der Waals surface area contributed by atoms with Crippen molar-refractivity contribution in [3.8, 4) is 5.69 Å². The maximum atomic E-state index is 5.90. The highest BCUT2D eigenvalue weighted by atomic mass is 79.9. The molecule has 0 amide bonds. The number of nitrogens with zero attached hydrogens (tertiary/aromatic N) is 2. The fraction of sp³-hybridized carbons (Fsp3) is 0.182. The van der Waals surface area contributed by atoms with Crippen LogP contribution < -0.4 is 5.73 Å². The Bertz CT molecular complexity index is 506. The summed E-state index contributed by atoms with van der Waals surface area (Å²) in [4.78, 5) is 4.14. The molecule has 0 saturated carbocycles. The van der Waals surface area contributed by atoms with Gasteiger partial charge in [0.15, 0.2) is 0 Å². The van der Waals surface area contributed by atoms with Gasteiger partial charge in [-0.25, -0.2) is 4.98 Å². The molecule has 0 radical (unpaired) electrons. The number of benzene rings is 1. The topological polar surface area (TPSA) is 43.8 Å². The third-order valence-corrected chi connectivity index (χ3v) is 3.47. The number of rotatable bonds is 2. The molecule has 2 aromatic rings. The summed E-state index contributed by atoms with van der Waals surface area (Å²) in [6, 6.07) is 5.95. The number of halogens is 2. The van der Waals surface area contributed by atoms with Crippen molar-refractivity contribution in [3.05, 3.63) is 45.4 Å². The maximum Gasteiger partial charge on any atom is 0.0995 e. The lowest BCUT2D eigenvalue weighted by molar-refractivity contribution is 0.751. The number of hydrogen-bond acceptors (Lipinski definition) is 2. The Labute approximate surface area is 111 Å². The molecule has 16 heavy (non-hydrogen) atoms. The Morgan fingerprint density at radius 1 is 1.38 bits per heavy atom. The molecule has 0 aliphatic heterocycles. The summed E-state index contributed by atoms with van der Waals surface area (Å²) in [5.41, 5.74) is 7.91. The van der Waals surface area contributed by atoms with Crippen LogP contribution in [0.2, 0.25) is 0 Å². The van der Waals surface area contributed by atoms with Crippen LogP contribution in [0, 0.1) is 0 Å². The first-order valence-electron chi connectivity index (χ1n) is 4.83. The first-order chi connectivity index (χ1) is 7.59. The lowest BCUT2D eigenvalue weighted by Gasteiger charge is -2.12. The number of imidazole rings is 1. The Morgan fingerprint density at radius 2 is 2.12 bits per heavy atom. The van der Waals surface area contributed by atoms with E-state index in [9.17, 15) is 0 Å². The number of nitrogens with two attached hydrogens (primary N) is 1. The van der Waals surface area contributed by atoms with E-state index in [4.69, 9.17) is 5.73 Å². The molecule has 0 bridgehead atoms. The molecule has 0 spiro atoms. The summed E-state index contributed by atoms with van der Waals surface area (Å²) in [6.45, 7) is 1.94. The van der Waals surface area contributed by atoms with Crippen molar-refractivity contribution in [3.63, 3.8) is 0 Å². The molecule has 0 aliphatic carbocycles. The van der Waals surface area contributed by atoms with E-state index in [-0.39, 0.29) is 6.04 Å². The average Bonchev–Trinajstić information content (AvgIpc) is 2.70. The quantitative estimate of drug-likeness (QED) is 0.907. The van der Waals surface area contributed by atoms with Crippen LogP contribution in [0.4, 0.5) is 0 Å². The zero-order valence-electron chi connectivity index (χ0n) is 8.69. The van der Waals surface area contributed by atoms with Gasteiger partial charge in [-0.1, -0.05) is 15.9 Å². The first kappa shape index (κ1) is 11.8. The van der Waals surface area contributed by atoms with Gasteiger partial charge in [-0.3, -0.25) is 0 Å². The maximum absolute atomic E-state index is 5.90. The molecule has 5 heteroatoms. The molecule has 1 atom stereocenters. The summed E-state index contributed by atoms with van der Waals surface area (Å²) >= 11 is 6.98. The monoisotopic (exact) mass is 343 g/mol. The molecule has 1 aromatic heterocycles. The van der Waals surface area contributed by atoms with Crippen molar-refractivity contribution in [2.24, 2.45) is 5.73 Å². The minimum absolute atomic E-state index is 0.0478. The van der Waals surface area contributed by atoms with Crippen LogP contribution in [0.5, 0.6) is 0 Å². The smallest absolute Gasteiger partial charge is 0.0995 e. The van der Waals surface area contributed by atoms with Gasteiger partial charge in [0.2, 0.25) is 0 Å². The van der Waals surface area contributed by atoms with E-state index in [2.05, 4.69) is 36.8 Å². The molecule has 84 valence electrons. The van der Waals surface area contributed by atoms with Gasteiger partial charge in [-0.05, 0) is 41.1 Å². The largest absolute Gasteiger partial charge is 0.323 e. The fourth-order valence-corrected chi connectivity index (χ4v) is 2.30. The van der Waals surface area contributed by atoms with E-state index in [1.165, 1.54) is 0 Å². The van der Waals surface area contributed by atoms with E-state index in [0.29, 0.717) is 0 Å². The van der Waals surface area contributed by atoms with E-state index in [1.807, 2.05) is 29.7 Å². The highest BCUT2D eigenvalue weighted by molar-refractivity contribution is 9.11. The van der Waals surface area contributed by atoms with Gasteiger partial charge in [0.25, 0.3) is 0 Å². The van der Waals surface area contributed by atoms with Crippen LogP contribution >= 0.6 is 31.9 Å². The van der Waals surface area contributed by atoms with Crippen LogP contribution in [0.3, 0.4) is 0 Å². The van der Waals surface area contributed by atoms with Gasteiger partial charge >= 0.3 is 0 Å². The molecule has 3 nitrogen and oxygen atoms in total. The molecule has 2 N–H and O–H groups in total. The van der Waals surface area contributed by atoms with Crippen LogP contribution in [-0.2, 0) is 0 Å². The number of hydrogen-bond donors (Lipinski definition) is 1. The van der Waals surface area contributed by atoms with Crippen molar-refractivity contribution in [2.75, 3.05) is 0 Å². The molecule has 0 fully saturated rings. The third-order valence-electron chi connectivity index (χ3n) is 2.30. The predicted octanol–water partition coefficient (Wildman–Crippen LogP) is 3.42. The van der Waals surface area contributed by atoms with Gasteiger partial charge in [0.1, 0.15) is 0 Å². The highest BCUT2D eigenvalue weighted by Gasteiger charge is 2.10. The van der Waals surface area contributed by atoms with Crippen molar-refractivity contribution in [2.45, 2.75) is 13.0 Å². The van der Waals surface area contributed by atoms with Gasteiger partial charge in [-0.2, -0.15) is 0 Å². The SMILES string of the molecule is C[C@H](N)c1cncn1-c1cc(Br)ccc1Br. The van der Waals surface area contributed by atoms with Crippen molar-refractivity contribution >= 4 is 31.9 Å². The first-order valence-corrected chi connectivity index (χ1v) is 6.41. The van der Waals surface area contributed by atoms with Gasteiger partial charge in [-0.15, -0.1) is 0 Å².